The van der Waals surface area contributed by atoms with Crippen molar-refractivity contribution in [1.29, 1.82) is 0 Å². The average molecular weight is 225 g/mol. The van der Waals surface area contributed by atoms with E-state index in [1.165, 1.54) is 64.2 Å². The van der Waals surface area contributed by atoms with Gasteiger partial charge in [-0.1, -0.05) is 38.5 Å². The lowest BCUT2D eigenvalue weighted by Crippen LogP contribution is -2.46. The molecule has 2 nitrogen and oxygen atoms in total. The van der Waals surface area contributed by atoms with Gasteiger partial charge in [-0.3, -0.25) is 0 Å². The quantitative estimate of drug-likeness (QED) is 0.793. The van der Waals surface area contributed by atoms with Crippen LogP contribution in [-0.4, -0.2) is 25.3 Å². The molecule has 0 aromatic carbocycles. The fourth-order valence-electron chi connectivity index (χ4n) is 3.39. The van der Waals surface area contributed by atoms with Crippen LogP contribution in [-0.2, 0) is 4.74 Å². The highest BCUT2D eigenvalue weighted by Crippen LogP contribution is 2.35. The Labute approximate surface area is 100 Å². The average Bonchev–Trinajstić information content (AvgIpc) is 2.31. The molecule has 0 aromatic heterocycles. The van der Waals surface area contributed by atoms with Crippen molar-refractivity contribution in [3.8, 4) is 0 Å². The Balaban J connectivity index is 1.89. The summed E-state index contributed by atoms with van der Waals surface area (Å²) in [4.78, 5) is 0. The van der Waals surface area contributed by atoms with Gasteiger partial charge in [-0.25, -0.2) is 0 Å². The first-order chi connectivity index (χ1) is 7.85. The van der Waals surface area contributed by atoms with E-state index < -0.39 is 0 Å². The van der Waals surface area contributed by atoms with Gasteiger partial charge >= 0.3 is 0 Å². The lowest BCUT2D eigenvalue weighted by Gasteiger charge is -2.41. The first-order valence-electron chi connectivity index (χ1n) is 7.17. The van der Waals surface area contributed by atoms with Crippen LogP contribution in [0.2, 0.25) is 0 Å². The number of hydrogen-bond acceptors (Lipinski definition) is 2. The summed E-state index contributed by atoms with van der Waals surface area (Å²) in [6.07, 6.45) is 14.0. The van der Waals surface area contributed by atoms with Crippen molar-refractivity contribution in [2.75, 3.05) is 13.6 Å². The van der Waals surface area contributed by atoms with Crippen molar-refractivity contribution in [3.63, 3.8) is 0 Å². The van der Waals surface area contributed by atoms with Crippen LogP contribution in [0, 0.1) is 0 Å². The second-order valence-electron chi connectivity index (χ2n) is 5.65. The maximum Gasteiger partial charge on any atom is 0.0809 e. The van der Waals surface area contributed by atoms with Gasteiger partial charge < -0.3 is 10.1 Å². The molecule has 0 unspecified atom stereocenters. The van der Waals surface area contributed by atoms with Crippen molar-refractivity contribution in [2.24, 2.45) is 0 Å². The van der Waals surface area contributed by atoms with Gasteiger partial charge in [-0.2, -0.15) is 0 Å². The minimum absolute atomic E-state index is 0.176. The van der Waals surface area contributed by atoms with Gasteiger partial charge in [-0.15, -0.1) is 0 Å². The lowest BCUT2D eigenvalue weighted by atomic mass is 9.83. The van der Waals surface area contributed by atoms with E-state index in [1.54, 1.807) is 0 Å². The zero-order valence-corrected chi connectivity index (χ0v) is 10.8. The van der Waals surface area contributed by atoms with Crippen molar-refractivity contribution < 1.29 is 4.74 Å². The van der Waals surface area contributed by atoms with Gasteiger partial charge in [0.25, 0.3) is 0 Å². The Kier molecular flexibility index (Phi) is 4.66. The molecule has 0 radical (unpaired) electrons. The Hall–Kier alpha value is -0.0800. The minimum Gasteiger partial charge on any atom is -0.370 e. The standard InChI is InChI=1S/C14H27NO/c1-15-12-14(10-6-3-7-11-14)16-13-8-4-2-5-9-13/h13,15H,2-12H2,1H3. The van der Waals surface area contributed by atoms with Crippen LogP contribution in [0.4, 0.5) is 0 Å². The highest BCUT2D eigenvalue weighted by Gasteiger charge is 2.35. The van der Waals surface area contributed by atoms with Crippen LogP contribution in [0.3, 0.4) is 0 Å². The van der Waals surface area contributed by atoms with Gasteiger partial charge in [0, 0.05) is 6.54 Å². The van der Waals surface area contributed by atoms with E-state index in [0.29, 0.717) is 6.10 Å². The molecule has 2 rings (SSSR count). The van der Waals surface area contributed by atoms with Crippen LogP contribution < -0.4 is 5.32 Å². The summed E-state index contributed by atoms with van der Waals surface area (Å²) in [7, 11) is 2.06. The van der Waals surface area contributed by atoms with Crippen molar-refractivity contribution in [2.45, 2.75) is 75.9 Å². The molecule has 1 N–H and O–H groups in total. The Bertz CT molecular complexity index is 187. The zero-order chi connectivity index (χ0) is 11.3. The molecule has 2 aliphatic carbocycles. The number of hydrogen-bond donors (Lipinski definition) is 1. The van der Waals surface area contributed by atoms with Gasteiger partial charge in [0.2, 0.25) is 0 Å². The van der Waals surface area contributed by atoms with Crippen LogP contribution >= 0.6 is 0 Å². The Morgan fingerprint density at radius 2 is 1.62 bits per heavy atom. The van der Waals surface area contributed by atoms with E-state index in [9.17, 15) is 0 Å². The summed E-state index contributed by atoms with van der Waals surface area (Å²) >= 11 is 0. The molecular weight excluding hydrogens is 198 g/mol. The van der Waals surface area contributed by atoms with Gasteiger partial charge in [-0.05, 0) is 32.7 Å². The molecular formula is C14H27NO. The van der Waals surface area contributed by atoms with Gasteiger partial charge in [0.05, 0.1) is 11.7 Å². The third-order valence-electron chi connectivity index (χ3n) is 4.23. The third kappa shape index (κ3) is 3.21. The molecule has 0 amide bonds. The van der Waals surface area contributed by atoms with E-state index in [-0.39, 0.29) is 5.60 Å². The second-order valence-corrected chi connectivity index (χ2v) is 5.65. The molecule has 0 heterocycles. The summed E-state index contributed by atoms with van der Waals surface area (Å²) in [6, 6.07) is 0. The van der Waals surface area contributed by atoms with Crippen molar-refractivity contribution >= 4 is 0 Å². The molecule has 16 heavy (non-hydrogen) atoms. The third-order valence-corrected chi connectivity index (χ3v) is 4.23. The lowest BCUT2D eigenvalue weighted by molar-refractivity contribution is -0.121. The summed E-state index contributed by atoms with van der Waals surface area (Å²) in [6.45, 7) is 1.05. The van der Waals surface area contributed by atoms with Crippen LogP contribution in [0.25, 0.3) is 0 Å². The summed E-state index contributed by atoms with van der Waals surface area (Å²) in [5.74, 6) is 0. The molecule has 2 saturated carbocycles. The normalized spacial score (nSPS) is 26.8. The zero-order valence-electron chi connectivity index (χ0n) is 10.8. The largest absolute Gasteiger partial charge is 0.370 e. The highest BCUT2D eigenvalue weighted by molar-refractivity contribution is 4.88. The fourth-order valence-corrected chi connectivity index (χ4v) is 3.39. The van der Waals surface area contributed by atoms with Gasteiger partial charge in [0.1, 0.15) is 0 Å². The fraction of sp³-hybridized carbons (Fsp3) is 1.00. The number of rotatable bonds is 4. The topological polar surface area (TPSA) is 21.3 Å². The van der Waals surface area contributed by atoms with Crippen LogP contribution in [0.15, 0.2) is 0 Å². The smallest absolute Gasteiger partial charge is 0.0809 e. The molecule has 0 bridgehead atoms. The molecule has 0 aliphatic heterocycles. The molecule has 0 atom stereocenters. The molecule has 0 aromatic rings. The van der Waals surface area contributed by atoms with E-state index in [1.807, 2.05) is 0 Å². The maximum absolute atomic E-state index is 6.50. The van der Waals surface area contributed by atoms with Gasteiger partial charge in [0.15, 0.2) is 0 Å². The van der Waals surface area contributed by atoms with E-state index in [4.69, 9.17) is 4.74 Å². The predicted molar refractivity (Wildman–Crippen MR) is 67.7 cm³/mol. The molecule has 2 fully saturated rings. The second kappa shape index (κ2) is 6.02. The first kappa shape index (κ1) is 12.4. The molecule has 94 valence electrons. The van der Waals surface area contributed by atoms with Crippen molar-refractivity contribution in [1.82, 2.24) is 5.32 Å². The summed E-state index contributed by atoms with van der Waals surface area (Å²) < 4.78 is 6.50. The Morgan fingerprint density at radius 3 is 2.25 bits per heavy atom. The Morgan fingerprint density at radius 1 is 1.00 bits per heavy atom. The highest BCUT2D eigenvalue weighted by atomic mass is 16.5. The minimum atomic E-state index is 0.176. The maximum atomic E-state index is 6.50. The molecule has 0 saturated heterocycles. The molecule has 0 spiro atoms. The van der Waals surface area contributed by atoms with Crippen LogP contribution in [0.5, 0.6) is 0 Å². The number of likely N-dealkylation sites (N-methyl/N-ethyl adjacent to an activating group) is 1. The molecule has 2 aliphatic rings. The van der Waals surface area contributed by atoms with Crippen molar-refractivity contribution in [3.05, 3.63) is 0 Å². The van der Waals surface area contributed by atoms with E-state index >= 15 is 0 Å². The monoisotopic (exact) mass is 225 g/mol. The number of ether oxygens (including phenoxy) is 1. The summed E-state index contributed by atoms with van der Waals surface area (Å²) in [5.41, 5.74) is 0.176. The van der Waals surface area contributed by atoms with E-state index in [0.717, 1.165) is 6.54 Å². The SMILES string of the molecule is CNCC1(OC2CCCCC2)CCCCC1. The van der Waals surface area contributed by atoms with E-state index in [2.05, 4.69) is 12.4 Å². The number of nitrogens with one attached hydrogen (secondary N) is 1. The summed E-state index contributed by atoms with van der Waals surface area (Å²) in [5, 5.41) is 3.34. The van der Waals surface area contributed by atoms with Crippen LogP contribution in [0.1, 0.15) is 64.2 Å². The first-order valence-corrected chi connectivity index (χ1v) is 7.17. The predicted octanol–water partition coefficient (Wildman–Crippen LogP) is 3.26. The molecule has 2 heteroatoms.